The molecule has 0 spiro atoms. The molecule has 6 heteroatoms. The number of aromatic nitrogens is 2. The summed E-state index contributed by atoms with van der Waals surface area (Å²) in [5.74, 6) is 0.756. The number of hydrogen-bond acceptors (Lipinski definition) is 3. The van der Waals surface area contributed by atoms with Crippen LogP contribution in [0.3, 0.4) is 0 Å². The lowest BCUT2D eigenvalue weighted by molar-refractivity contribution is 0.102. The highest BCUT2D eigenvalue weighted by Crippen LogP contribution is 2.20. The Morgan fingerprint density at radius 1 is 1.21 bits per heavy atom. The number of para-hydroxylation sites is 2. The van der Waals surface area contributed by atoms with Crippen LogP contribution in [-0.2, 0) is 23.1 Å². The van der Waals surface area contributed by atoms with Gasteiger partial charge in [-0.25, -0.2) is 4.98 Å². The number of amides is 1. The van der Waals surface area contributed by atoms with Crippen LogP contribution in [0.4, 0.5) is 5.95 Å². The molecule has 1 unspecified atom stereocenters. The predicted molar refractivity (Wildman–Crippen MR) is 97.6 cm³/mol. The molecule has 5 nitrogen and oxygen atoms in total. The highest BCUT2D eigenvalue weighted by molar-refractivity contribution is 7.83. The van der Waals surface area contributed by atoms with Gasteiger partial charge in [-0.2, -0.15) is 0 Å². The first-order valence-corrected chi connectivity index (χ1v) is 9.46. The Bertz CT molecular complexity index is 918. The van der Waals surface area contributed by atoms with E-state index in [0.29, 0.717) is 23.8 Å². The number of aryl methyl sites for hydroxylation is 1. The smallest absolute Gasteiger partial charge is 0.257 e. The van der Waals surface area contributed by atoms with Crippen molar-refractivity contribution in [2.24, 2.45) is 0 Å². The molecule has 3 aromatic rings. The van der Waals surface area contributed by atoms with Crippen molar-refractivity contribution in [3.63, 3.8) is 0 Å². The number of anilines is 1. The molecule has 24 heavy (non-hydrogen) atoms. The van der Waals surface area contributed by atoms with Crippen molar-refractivity contribution in [2.45, 2.75) is 19.2 Å². The van der Waals surface area contributed by atoms with Crippen LogP contribution in [0.2, 0.25) is 0 Å². The Hall–Kier alpha value is -2.47. The number of nitrogens with zero attached hydrogens (tertiary/aromatic N) is 2. The quantitative estimate of drug-likeness (QED) is 0.775. The molecule has 124 valence electrons. The van der Waals surface area contributed by atoms with E-state index >= 15 is 0 Å². The minimum absolute atomic E-state index is 0.219. The van der Waals surface area contributed by atoms with E-state index in [1.54, 1.807) is 24.5 Å². The first-order valence-electron chi connectivity index (χ1n) is 7.74. The Labute approximate surface area is 143 Å². The molecule has 0 radical (unpaired) electrons. The Morgan fingerprint density at radius 2 is 2.00 bits per heavy atom. The average molecular weight is 341 g/mol. The summed E-state index contributed by atoms with van der Waals surface area (Å²) in [4.78, 5) is 17.1. The van der Waals surface area contributed by atoms with Crippen molar-refractivity contribution in [1.82, 2.24) is 9.55 Å². The van der Waals surface area contributed by atoms with Gasteiger partial charge in [-0.15, -0.1) is 0 Å². The minimum atomic E-state index is -0.940. The number of hydrogen-bond donors (Lipinski definition) is 1. The van der Waals surface area contributed by atoms with Gasteiger partial charge in [0.2, 0.25) is 5.95 Å². The monoisotopic (exact) mass is 341 g/mol. The van der Waals surface area contributed by atoms with Gasteiger partial charge >= 0.3 is 0 Å². The summed E-state index contributed by atoms with van der Waals surface area (Å²) in [5.41, 5.74) is 3.26. The second kappa shape index (κ2) is 6.97. The van der Waals surface area contributed by atoms with Crippen LogP contribution in [0, 0.1) is 0 Å². The SMILES string of the molecule is CCn1c(NC(=O)c2cccc(CS(C)=O)c2)nc2ccccc21. The highest BCUT2D eigenvalue weighted by Gasteiger charge is 2.13. The number of fused-ring (bicyclic) bond motifs is 1. The van der Waals surface area contributed by atoms with E-state index in [9.17, 15) is 9.00 Å². The summed E-state index contributed by atoms with van der Waals surface area (Å²) in [6, 6.07) is 15.0. The van der Waals surface area contributed by atoms with Gasteiger partial charge in [-0.1, -0.05) is 24.3 Å². The maximum atomic E-state index is 12.6. The first kappa shape index (κ1) is 16.4. The molecule has 0 aliphatic heterocycles. The lowest BCUT2D eigenvalue weighted by Gasteiger charge is -2.08. The molecule has 2 aromatic carbocycles. The van der Waals surface area contributed by atoms with Crippen molar-refractivity contribution >= 4 is 33.7 Å². The fourth-order valence-electron chi connectivity index (χ4n) is 2.70. The van der Waals surface area contributed by atoms with Crippen molar-refractivity contribution in [3.05, 3.63) is 59.7 Å². The van der Waals surface area contributed by atoms with E-state index in [2.05, 4.69) is 10.3 Å². The van der Waals surface area contributed by atoms with Crippen LogP contribution >= 0.6 is 0 Å². The maximum absolute atomic E-state index is 12.6. The fourth-order valence-corrected chi connectivity index (χ4v) is 3.35. The topological polar surface area (TPSA) is 64.0 Å². The molecule has 0 aliphatic carbocycles. The van der Waals surface area contributed by atoms with Gasteiger partial charge in [-0.3, -0.25) is 14.3 Å². The average Bonchev–Trinajstić information content (AvgIpc) is 2.91. The number of carbonyl (C=O) groups excluding carboxylic acids is 1. The third kappa shape index (κ3) is 3.38. The normalized spacial score (nSPS) is 12.2. The van der Waals surface area contributed by atoms with Gasteiger partial charge in [0, 0.05) is 34.9 Å². The van der Waals surface area contributed by atoms with Gasteiger partial charge in [0.15, 0.2) is 0 Å². The van der Waals surface area contributed by atoms with Crippen molar-refractivity contribution in [3.8, 4) is 0 Å². The number of rotatable bonds is 5. The van der Waals surface area contributed by atoms with E-state index in [-0.39, 0.29) is 5.91 Å². The van der Waals surface area contributed by atoms with Crippen LogP contribution in [0.1, 0.15) is 22.8 Å². The van der Waals surface area contributed by atoms with E-state index in [1.165, 1.54) is 0 Å². The number of imidazole rings is 1. The largest absolute Gasteiger partial charge is 0.310 e. The lowest BCUT2D eigenvalue weighted by atomic mass is 10.1. The molecule has 0 fully saturated rings. The molecular weight excluding hydrogens is 322 g/mol. The fraction of sp³-hybridized carbons (Fsp3) is 0.222. The Kier molecular flexibility index (Phi) is 4.76. The first-order chi connectivity index (χ1) is 11.6. The summed E-state index contributed by atoms with van der Waals surface area (Å²) in [7, 11) is -0.940. The number of benzene rings is 2. The summed E-state index contributed by atoms with van der Waals surface area (Å²) < 4.78 is 13.3. The van der Waals surface area contributed by atoms with E-state index in [0.717, 1.165) is 16.6 Å². The van der Waals surface area contributed by atoms with Crippen LogP contribution in [0.5, 0.6) is 0 Å². The summed E-state index contributed by atoms with van der Waals surface area (Å²) >= 11 is 0. The summed E-state index contributed by atoms with van der Waals surface area (Å²) in [6.07, 6.45) is 1.65. The highest BCUT2D eigenvalue weighted by atomic mass is 32.2. The van der Waals surface area contributed by atoms with Gasteiger partial charge < -0.3 is 4.57 Å². The van der Waals surface area contributed by atoms with Crippen molar-refractivity contribution in [1.29, 1.82) is 0 Å². The molecule has 1 N–H and O–H groups in total. The van der Waals surface area contributed by atoms with Gasteiger partial charge in [0.25, 0.3) is 5.91 Å². The molecule has 0 aliphatic rings. The second-order valence-electron chi connectivity index (χ2n) is 5.54. The van der Waals surface area contributed by atoms with Crippen LogP contribution < -0.4 is 5.32 Å². The number of nitrogens with one attached hydrogen (secondary N) is 1. The van der Waals surface area contributed by atoms with Crippen molar-refractivity contribution in [2.75, 3.05) is 11.6 Å². The summed E-state index contributed by atoms with van der Waals surface area (Å²) in [5, 5.41) is 2.88. The lowest BCUT2D eigenvalue weighted by Crippen LogP contribution is -2.16. The molecule has 1 heterocycles. The zero-order valence-corrected chi connectivity index (χ0v) is 14.5. The van der Waals surface area contributed by atoms with Crippen LogP contribution in [0.25, 0.3) is 11.0 Å². The third-order valence-corrected chi connectivity index (χ3v) is 4.50. The zero-order valence-electron chi connectivity index (χ0n) is 13.7. The maximum Gasteiger partial charge on any atom is 0.257 e. The Morgan fingerprint density at radius 3 is 2.75 bits per heavy atom. The van der Waals surface area contributed by atoms with E-state index < -0.39 is 10.8 Å². The van der Waals surface area contributed by atoms with Gasteiger partial charge in [0.05, 0.1) is 11.0 Å². The van der Waals surface area contributed by atoms with Gasteiger partial charge in [0.1, 0.15) is 0 Å². The molecular formula is C18H19N3O2S. The number of carbonyl (C=O) groups is 1. The van der Waals surface area contributed by atoms with E-state index in [1.807, 2.05) is 41.8 Å². The predicted octanol–water partition coefficient (Wildman–Crippen LogP) is 3.19. The molecule has 1 atom stereocenters. The van der Waals surface area contributed by atoms with Crippen LogP contribution in [0.15, 0.2) is 48.5 Å². The minimum Gasteiger partial charge on any atom is -0.310 e. The molecule has 0 bridgehead atoms. The molecule has 3 rings (SSSR count). The van der Waals surface area contributed by atoms with E-state index in [4.69, 9.17) is 0 Å². The second-order valence-corrected chi connectivity index (χ2v) is 6.98. The zero-order chi connectivity index (χ0) is 17.1. The Balaban J connectivity index is 1.88. The van der Waals surface area contributed by atoms with Crippen LogP contribution in [-0.4, -0.2) is 25.9 Å². The standard InChI is InChI=1S/C18H19N3O2S/c1-3-21-16-10-5-4-9-15(16)19-18(21)20-17(22)14-8-6-7-13(11-14)12-24(2)23/h4-11H,3,12H2,1-2H3,(H,19,20,22). The molecule has 0 saturated heterocycles. The third-order valence-electron chi connectivity index (χ3n) is 3.76. The van der Waals surface area contributed by atoms with Crippen molar-refractivity contribution < 1.29 is 9.00 Å². The summed E-state index contributed by atoms with van der Waals surface area (Å²) in [6.45, 7) is 2.73. The molecule has 1 amide bonds. The molecule has 0 saturated carbocycles. The molecule has 1 aromatic heterocycles. The van der Waals surface area contributed by atoms with Gasteiger partial charge in [-0.05, 0) is 36.8 Å².